The fraction of sp³-hybridized carbons (Fsp3) is 0.444. The number of aromatic amines is 1. The number of hydrogen-bond acceptors (Lipinski definition) is 4. The van der Waals surface area contributed by atoms with Crippen LogP contribution in [0.1, 0.15) is 59.8 Å². The number of anilines is 1. The summed E-state index contributed by atoms with van der Waals surface area (Å²) < 4.78 is 5.16. The van der Waals surface area contributed by atoms with Crippen molar-refractivity contribution in [2.45, 2.75) is 44.6 Å². The Morgan fingerprint density at radius 2 is 2.12 bits per heavy atom. The lowest BCUT2D eigenvalue weighted by Gasteiger charge is -2.19. The predicted molar refractivity (Wildman–Crippen MR) is 91.3 cm³/mol. The summed E-state index contributed by atoms with van der Waals surface area (Å²) in [7, 11) is 1.54. The molecule has 0 bridgehead atoms. The molecule has 0 saturated heterocycles. The van der Waals surface area contributed by atoms with Gasteiger partial charge < -0.3 is 15.2 Å². The van der Waals surface area contributed by atoms with E-state index in [2.05, 4.69) is 15.5 Å². The van der Waals surface area contributed by atoms with Gasteiger partial charge in [0.05, 0.1) is 13.7 Å². The van der Waals surface area contributed by atoms with Gasteiger partial charge in [0.1, 0.15) is 5.75 Å². The zero-order valence-corrected chi connectivity index (χ0v) is 13.8. The number of aliphatic hydroxyl groups is 1. The molecule has 0 atom stereocenters. The van der Waals surface area contributed by atoms with E-state index < -0.39 is 0 Å². The number of hydrogen-bond donors (Lipinski definition) is 3. The minimum atomic E-state index is -0.262. The van der Waals surface area contributed by atoms with Crippen LogP contribution in [0.4, 0.5) is 5.69 Å². The van der Waals surface area contributed by atoms with Gasteiger partial charge in [0.2, 0.25) is 0 Å². The summed E-state index contributed by atoms with van der Waals surface area (Å²) in [5.74, 6) is 0.812. The highest BCUT2D eigenvalue weighted by atomic mass is 16.5. The van der Waals surface area contributed by atoms with E-state index in [4.69, 9.17) is 4.74 Å². The first-order chi connectivity index (χ1) is 11.7. The number of amides is 1. The van der Waals surface area contributed by atoms with Crippen LogP contribution >= 0.6 is 0 Å². The lowest BCUT2D eigenvalue weighted by molar-refractivity contribution is 0.102. The van der Waals surface area contributed by atoms with Crippen LogP contribution in [0.3, 0.4) is 0 Å². The van der Waals surface area contributed by atoms with Crippen LogP contribution in [0.15, 0.2) is 24.3 Å². The molecule has 3 rings (SSSR count). The van der Waals surface area contributed by atoms with E-state index in [1.807, 2.05) is 6.07 Å². The summed E-state index contributed by atoms with van der Waals surface area (Å²) in [4.78, 5) is 12.4. The second-order valence-corrected chi connectivity index (χ2v) is 6.18. The van der Waals surface area contributed by atoms with E-state index in [1.54, 1.807) is 25.3 Å². The van der Waals surface area contributed by atoms with Crippen molar-refractivity contribution in [3.05, 3.63) is 41.2 Å². The smallest absolute Gasteiger partial charge is 0.276 e. The second-order valence-electron chi connectivity index (χ2n) is 6.18. The summed E-state index contributed by atoms with van der Waals surface area (Å²) in [5.41, 5.74) is 2.66. The van der Waals surface area contributed by atoms with Gasteiger partial charge in [0, 0.05) is 22.9 Å². The van der Waals surface area contributed by atoms with E-state index in [-0.39, 0.29) is 12.5 Å². The predicted octanol–water partition coefficient (Wildman–Crippen LogP) is 3.21. The summed E-state index contributed by atoms with van der Waals surface area (Å²) in [6, 6.07) is 7.01. The summed E-state index contributed by atoms with van der Waals surface area (Å²) in [6.45, 7) is -0.152. The number of rotatable bonds is 5. The molecule has 0 unspecified atom stereocenters. The normalized spacial score (nSPS) is 15.2. The average Bonchev–Trinajstić information content (AvgIpc) is 3.12. The van der Waals surface area contributed by atoms with Gasteiger partial charge in [-0.25, -0.2) is 0 Å². The maximum Gasteiger partial charge on any atom is 0.276 e. The van der Waals surface area contributed by atoms with Gasteiger partial charge in [-0.1, -0.05) is 19.3 Å². The molecule has 1 aromatic carbocycles. The zero-order chi connectivity index (χ0) is 16.9. The first kappa shape index (κ1) is 16.5. The van der Waals surface area contributed by atoms with Crippen LogP contribution in [0.25, 0.3) is 0 Å². The highest BCUT2D eigenvalue weighted by Crippen LogP contribution is 2.31. The van der Waals surface area contributed by atoms with E-state index in [9.17, 15) is 9.90 Å². The number of carbonyl (C=O) groups is 1. The van der Waals surface area contributed by atoms with Crippen molar-refractivity contribution >= 4 is 11.6 Å². The van der Waals surface area contributed by atoms with Crippen LogP contribution in [0.2, 0.25) is 0 Å². The van der Waals surface area contributed by atoms with Crippen molar-refractivity contribution < 1.29 is 14.6 Å². The third-order valence-electron chi connectivity index (χ3n) is 4.58. The molecule has 1 aliphatic carbocycles. The van der Waals surface area contributed by atoms with Gasteiger partial charge in [-0.15, -0.1) is 0 Å². The Balaban J connectivity index is 1.70. The number of aliphatic hydroxyl groups excluding tert-OH is 1. The Morgan fingerprint density at radius 3 is 2.83 bits per heavy atom. The van der Waals surface area contributed by atoms with Crippen LogP contribution in [0, 0.1) is 0 Å². The Labute approximate surface area is 141 Å². The molecule has 1 fully saturated rings. The lowest BCUT2D eigenvalue weighted by atomic mass is 9.87. The largest absolute Gasteiger partial charge is 0.496 e. The maximum absolute atomic E-state index is 12.4. The van der Waals surface area contributed by atoms with Gasteiger partial charge in [-0.3, -0.25) is 9.89 Å². The third kappa shape index (κ3) is 3.59. The fourth-order valence-corrected chi connectivity index (χ4v) is 3.25. The van der Waals surface area contributed by atoms with E-state index >= 15 is 0 Å². The number of ether oxygens (including phenoxy) is 1. The van der Waals surface area contributed by atoms with Crippen molar-refractivity contribution in [3.8, 4) is 5.75 Å². The number of carbonyl (C=O) groups excluding carboxylic acids is 1. The van der Waals surface area contributed by atoms with Gasteiger partial charge in [0.25, 0.3) is 5.91 Å². The third-order valence-corrected chi connectivity index (χ3v) is 4.58. The van der Waals surface area contributed by atoms with E-state index in [0.717, 1.165) is 18.5 Å². The van der Waals surface area contributed by atoms with Gasteiger partial charge >= 0.3 is 0 Å². The zero-order valence-electron chi connectivity index (χ0n) is 13.8. The Morgan fingerprint density at radius 1 is 1.33 bits per heavy atom. The Kier molecular flexibility index (Phi) is 5.15. The molecule has 6 nitrogen and oxygen atoms in total. The summed E-state index contributed by atoms with van der Waals surface area (Å²) in [6.07, 6.45) is 6.08. The van der Waals surface area contributed by atoms with Gasteiger partial charge in [-0.05, 0) is 37.1 Å². The molecule has 0 radical (unpaired) electrons. The van der Waals surface area contributed by atoms with Crippen molar-refractivity contribution in [3.63, 3.8) is 0 Å². The molecule has 24 heavy (non-hydrogen) atoms. The number of nitrogens with one attached hydrogen (secondary N) is 2. The molecule has 1 aromatic heterocycles. The number of H-pyrrole nitrogens is 1. The highest BCUT2D eigenvalue weighted by molar-refractivity contribution is 6.03. The number of nitrogens with zero attached hydrogens (tertiary/aromatic N) is 1. The van der Waals surface area contributed by atoms with Crippen molar-refractivity contribution in [1.29, 1.82) is 0 Å². The van der Waals surface area contributed by atoms with Gasteiger partial charge in [-0.2, -0.15) is 5.10 Å². The molecule has 1 saturated carbocycles. The monoisotopic (exact) mass is 329 g/mol. The van der Waals surface area contributed by atoms with Crippen LogP contribution in [0.5, 0.6) is 5.75 Å². The number of benzene rings is 1. The van der Waals surface area contributed by atoms with Crippen molar-refractivity contribution in [2.24, 2.45) is 0 Å². The minimum absolute atomic E-state index is 0.152. The molecule has 6 heteroatoms. The van der Waals surface area contributed by atoms with Crippen LogP contribution in [-0.2, 0) is 6.61 Å². The molecule has 2 aromatic rings. The highest BCUT2D eigenvalue weighted by Gasteiger charge is 2.19. The lowest BCUT2D eigenvalue weighted by Crippen LogP contribution is -2.12. The standard InChI is InChI=1S/C18H23N3O3/c1-24-17-8-7-14(9-13(17)11-22)19-18(23)16-10-15(20-21-16)12-5-3-2-4-6-12/h7-10,12,22H,2-6,11H2,1H3,(H,19,23)(H,20,21). The molecule has 1 heterocycles. The molecule has 128 valence electrons. The number of methoxy groups -OCH3 is 1. The molecule has 0 spiro atoms. The SMILES string of the molecule is COc1ccc(NC(=O)c2cc(C3CCCCC3)[nH]n2)cc1CO. The molecular weight excluding hydrogens is 306 g/mol. The van der Waals surface area contributed by atoms with E-state index in [1.165, 1.54) is 19.3 Å². The molecule has 0 aliphatic heterocycles. The first-order valence-electron chi connectivity index (χ1n) is 8.35. The Hall–Kier alpha value is -2.34. The minimum Gasteiger partial charge on any atom is -0.496 e. The second kappa shape index (κ2) is 7.49. The van der Waals surface area contributed by atoms with Crippen LogP contribution in [-0.4, -0.2) is 28.3 Å². The molecule has 1 aliphatic rings. The molecule has 1 amide bonds. The van der Waals surface area contributed by atoms with Crippen molar-refractivity contribution in [1.82, 2.24) is 10.2 Å². The van der Waals surface area contributed by atoms with Crippen LogP contribution < -0.4 is 10.1 Å². The fourth-order valence-electron chi connectivity index (χ4n) is 3.25. The van der Waals surface area contributed by atoms with Gasteiger partial charge in [0.15, 0.2) is 5.69 Å². The Bertz CT molecular complexity index is 705. The summed E-state index contributed by atoms with van der Waals surface area (Å²) in [5, 5.41) is 19.3. The molecular formula is C18H23N3O3. The van der Waals surface area contributed by atoms with Crippen molar-refractivity contribution in [2.75, 3.05) is 12.4 Å². The van der Waals surface area contributed by atoms with E-state index in [0.29, 0.717) is 28.6 Å². The quantitative estimate of drug-likeness (QED) is 0.786. The average molecular weight is 329 g/mol. The topological polar surface area (TPSA) is 87.2 Å². The first-order valence-corrected chi connectivity index (χ1v) is 8.35. The maximum atomic E-state index is 12.4. The summed E-state index contributed by atoms with van der Waals surface area (Å²) >= 11 is 0. The molecule has 3 N–H and O–H groups in total. The number of aromatic nitrogens is 2.